The van der Waals surface area contributed by atoms with E-state index >= 15 is 0 Å². The number of unbranched alkanes of at least 4 members (excludes halogenated alkanes) is 2. The first-order chi connectivity index (χ1) is 8.24. The molecule has 3 heteroatoms. The van der Waals surface area contributed by atoms with Crippen molar-refractivity contribution in [3.05, 3.63) is 29.3 Å². The van der Waals surface area contributed by atoms with Crippen LogP contribution in [0.5, 0.6) is 5.75 Å². The molecule has 0 aliphatic carbocycles. The third-order valence-corrected chi connectivity index (χ3v) is 2.77. The summed E-state index contributed by atoms with van der Waals surface area (Å²) in [6, 6.07) is 5.66. The Labute approximate surface area is 103 Å². The average Bonchev–Trinajstić information content (AvgIpc) is 2.37. The summed E-state index contributed by atoms with van der Waals surface area (Å²) in [6.07, 6.45) is 4.29. The summed E-state index contributed by atoms with van der Waals surface area (Å²) < 4.78 is 10.0. The fraction of sp³-hybridized carbons (Fsp3) is 0.500. The minimum atomic E-state index is -0.325. The molecule has 94 valence electrons. The van der Waals surface area contributed by atoms with Crippen molar-refractivity contribution in [3.63, 3.8) is 0 Å². The number of rotatable bonds is 6. The number of hydrogen-bond acceptors (Lipinski definition) is 3. The Bertz CT molecular complexity index is 372. The minimum Gasteiger partial charge on any atom is -0.496 e. The highest BCUT2D eigenvalue weighted by Gasteiger charge is 2.17. The van der Waals surface area contributed by atoms with Crippen LogP contribution in [0.15, 0.2) is 18.2 Å². The van der Waals surface area contributed by atoms with E-state index in [4.69, 9.17) is 9.47 Å². The van der Waals surface area contributed by atoms with Gasteiger partial charge in [0.2, 0.25) is 0 Å². The van der Waals surface area contributed by atoms with Crippen LogP contribution < -0.4 is 4.74 Å². The van der Waals surface area contributed by atoms with Crippen LogP contribution in [-0.2, 0) is 11.2 Å². The van der Waals surface area contributed by atoms with Gasteiger partial charge in [0.1, 0.15) is 11.3 Å². The van der Waals surface area contributed by atoms with E-state index in [1.165, 1.54) is 7.11 Å². The van der Waals surface area contributed by atoms with Gasteiger partial charge in [-0.25, -0.2) is 4.79 Å². The third kappa shape index (κ3) is 3.48. The van der Waals surface area contributed by atoms with Crippen molar-refractivity contribution in [2.75, 3.05) is 14.2 Å². The summed E-state index contributed by atoms with van der Waals surface area (Å²) >= 11 is 0. The number of carbonyl (C=O) groups is 1. The Morgan fingerprint density at radius 2 is 2.00 bits per heavy atom. The number of ether oxygens (including phenoxy) is 2. The lowest BCUT2D eigenvalue weighted by molar-refractivity contribution is 0.0595. The second kappa shape index (κ2) is 6.94. The topological polar surface area (TPSA) is 35.5 Å². The van der Waals surface area contributed by atoms with Gasteiger partial charge in [-0.15, -0.1) is 0 Å². The Morgan fingerprint density at radius 1 is 1.24 bits per heavy atom. The first-order valence-electron chi connectivity index (χ1n) is 5.98. The van der Waals surface area contributed by atoms with Crippen LogP contribution in [0, 0.1) is 0 Å². The molecule has 0 aliphatic rings. The van der Waals surface area contributed by atoms with Gasteiger partial charge in [0.15, 0.2) is 0 Å². The molecular formula is C14H20O3. The molecule has 0 spiro atoms. The second-order valence-electron chi connectivity index (χ2n) is 3.94. The van der Waals surface area contributed by atoms with Gasteiger partial charge in [0.05, 0.1) is 14.2 Å². The highest BCUT2D eigenvalue weighted by molar-refractivity contribution is 5.94. The van der Waals surface area contributed by atoms with E-state index < -0.39 is 0 Å². The smallest absolute Gasteiger partial charge is 0.341 e. The maximum Gasteiger partial charge on any atom is 0.341 e. The van der Waals surface area contributed by atoms with Gasteiger partial charge in [-0.1, -0.05) is 31.9 Å². The summed E-state index contributed by atoms with van der Waals surface area (Å²) in [5.41, 5.74) is 1.57. The molecule has 1 rings (SSSR count). The van der Waals surface area contributed by atoms with E-state index in [0.29, 0.717) is 11.3 Å². The number of carbonyl (C=O) groups excluding carboxylic acids is 1. The molecule has 0 saturated carbocycles. The first-order valence-corrected chi connectivity index (χ1v) is 5.98. The molecule has 0 atom stereocenters. The highest BCUT2D eigenvalue weighted by atomic mass is 16.5. The van der Waals surface area contributed by atoms with Gasteiger partial charge in [0.25, 0.3) is 0 Å². The molecule has 0 unspecified atom stereocenters. The standard InChI is InChI=1S/C14H20O3/c1-4-5-6-8-11-9-7-10-12(16-2)13(11)14(15)17-3/h7,9-10H,4-6,8H2,1-3H3. The number of methoxy groups -OCH3 is 2. The zero-order valence-corrected chi connectivity index (χ0v) is 10.8. The molecule has 0 aromatic heterocycles. The number of benzene rings is 1. The summed E-state index contributed by atoms with van der Waals surface area (Å²) in [5.74, 6) is 0.264. The van der Waals surface area contributed by atoms with E-state index in [2.05, 4.69) is 6.92 Å². The maximum absolute atomic E-state index is 11.7. The molecule has 0 amide bonds. The van der Waals surface area contributed by atoms with Crippen LogP contribution in [0.25, 0.3) is 0 Å². The summed E-state index contributed by atoms with van der Waals surface area (Å²) in [5, 5.41) is 0. The van der Waals surface area contributed by atoms with Crippen LogP contribution in [-0.4, -0.2) is 20.2 Å². The van der Waals surface area contributed by atoms with Crippen LogP contribution in [0.4, 0.5) is 0 Å². The fourth-order valence-electron chi connectivity index (χ4n) is 1.85. The number of hydrogen-bond donors (Lipinski definition) is 0. The molecule has 0 heterocycles. The lowest BCUT2D eigenvalue weighted by Gasteiger charge is -2.11. The second-order valence-corrected chi connectivity index (χ2v) is 3.94. The monoisotopic (exact) mass is 236 g/mol. The molecule has 1 aromatic rings. The van der Waals surface area contributed by atoms with Crippen molar-refractivity contribution >= 4 is 5.97 Å². The minimum absolute atomic E-state index is 0.325. The largest absolute Gasteiger partial charge is 0.496 e. The molecule has 17 heavy (non-hydrogen) atoms. The average molecular weight is 236 g/mol. The molecular weight excluding hydrogens is 216 g/mol. The molecule has 0 radical (unpaired) electrons. The normalized spacial score (nSPS) is 10.1. The first kappa shape index (κ1) is 13.6. The highest BCUT2D eigenvalue weighted by Crippen LogP contribution is 2.24. The zero-order chi connectivity index (χ0) is 12.7. The van der Waals surface area contributed by atoms with Crippen molar-refractivity contribution < 1.29 is 14.3 Å². The van der Waals surface area contributed by atoms with Gasteiger partial charge < -0.3 is 9.47 Å². The van der Waals surface area contributed by atoms with E-state index in [1.807, 2.05) is 12.1 Å². The van der Waals surface area contributed by atoms with E-state index in [1.54, 1.807) is 13.2 Å². The lowest BCUT2D eigenvalue weighted by Crippen LogP contribution is -2.08. The van der Waals surface area contributed by atoms with Crippen molar-refractivity contribution in [3.8, 4) is 5.75 Å². The molecule has 3 nitrogen and oxygen atoms in total. The molecule has 0 saturated heterocycles. The Balaban J connectivity index is 2.97. The van der Waals surface area contributed by atoms with Crippen LogP contribution in [0.1, 0.15) is 42.1 Å². The summed E-state index contributed by atoms with van der Waals surface area (Å²) in [6.45, 7) is 2.16. The number of aryl methyl sites for hydroxylation is 1. The molecule has 0 fully saturated rings. The van der Waals surface area contributed by atoms with Crippen molar-refractivity contribution in [2.45, 2.75) is 32.6 Å². The SMILES string of the molecule is CCCCCc1cccc(OC)c1C(=O)OC. The van der Waals surface area contributed by atoms with Crippen molar-refractivity contribution in [1.29, 1.82) is 0 Å². The quantitative estimate of drug-likeness (QED) is 0.562. The van der Waals surface area contributed by atoms with Gasteiger partial charge in [-0.3, -0.25) is 0 Å². The van der Waals surface area contributed by atoms with Crippen molar-refractivity contribution in [1.82, 2.24) is 0 Å². The van der Waals surface area contributed by atoms with Crippen LogP contribution in [0.3, 0.4) is 0 Å². The molecule has 1 aromatic carbocycles. The predicted octanol–water partition coefficient (Wildman–Crippen LogP) is 3.21. The van der Waals surface area contributed by atoms with Crippen molar-refractivity contribution in [2.24, 2.45) is 0 Å². The lowest BCUT2D eigenvalue weighted by atomic mass is 10.0. The van der Waals surface area contributed by atoms with Gasteiger partial charge in [-0.05, 0) is 24.5 Å². The third-order valence-electron chi connectivity index (χ3n) is 2.77. The van der Waals surface area contributed by atoms with Gasteiger partial charge in [-0.2, -0.15) is 0 Å². The maximum atomic E-state index is 11.7. The number of esters is 1. The Morgan fingerprint density at radius 3 is 2.59 bits per heavy atom. The van der Waals surface area contributed by atoms with E-state index in [0.717, 1.165) is 31.2 Å². The van der Waals surface area contributed by atoms with Gasteiger partial charge in [0, 0.05) is 0 Å². The predicted molar refractivity (Wildman–Crippen MR) is 67.6 cm³/mol. The zero-order valence-electron chi connectivity index (χ0n) is 10.8. The van der Waals surface area contributed by atoms with Crippen LogP contribution in [0.2, 0.25) is 0 Å². The Hall–Kier alpha value is -1.51. The molecule has 0 aliphatic heterocycles. The molecule has 0 bridgehead atoms. The van der Waals surface area contributed by atoms with E-state index in [-0.39, 0.29) is 5.97 Å². The fourth-order valence-corrected chi connectivity index (χ4v) is 1.85. The molecule has 0 N–H and O–H groups in total. The summed E-state index contributed by atoms with van der Waals surface area (Å²) in [4.78, 5) is 11.7. The Kier molecular flexibility index (Phi) is 5.53. The van der Waals surface area contributed by atoms with Crippen LogP contribution >= 0.6 is 0 Å². The summed E-state index contributed by atoms with van der Waals surface area (Å²) in [7, 11) is 2.96. The van der Waals surface area contributed by atoms with E-state index in [9.17, 15) is 4.79 Å². The van der Waals surface area contributed by atoms with Gasteiger partial charge >= 0.3 is 5.97 Å².